The number of hydrogen-bond donors (Lipinski definition) is 2. The quantitative estimate of drug-likeness (QED) is 0.809. The standard InChI is InChI=1S/C16H24N2O3/c17-10-12-21-15-7-2-1-6-14(15)18-16(19)9-8-13-5-3-4-11-20-13/h1-2,6-7,13H,3-5,8-12,17H2,(H,18,19). The monoisotopic (exact) mass is 292 g/mol. The first kappa shape index (κ1) is 15.8. The van der Waals surface area contributed by atoms with Crippen molar-refractivity contribution in [3.63, 3.8) is 0 Å². The lowest BCUT2D eigenvalue weighted by Crippen LogP contribution is -2.22. The maximum Gasteiger partial charge on any atom is 0.224 e. The highest BCUT2D eigenvalue weighted by Crippen LogP contribution is 2.24. The van der Waals surface area contributed by atoms with Gasteiger partial charge in [-0.15, -0.1) is 0 Å². The van der Waals surface area contributed by atoms with Crippen LogP contribution in [-0.4, -0.2) is 31.8 Å². The third-order valence-corrected chi connectivity index (χ3v) is 3.50. The fraction of sp³-hybridized carbons (Fsp3) is 0.562. The molecule has 2 rings (SSSR count). The summed E-state index contributed by atoms with van der Waals surface area (Å²) in [6.07, 6.45) is 4.86. The van der Waals surface area contributed by atoms with Gasteiger partial charge >= 0.3 is 0 Å². The van der Waals surface area contributed by atoms with E-state index in [0.717, 1.165) is 25.9 Å². The van der Waals surface area contributed by atoms with E-state index in [2.05, 4.69) is 5.32 Å². The highest BCUT2D eigenvalue weighted by atomic mass is 16.5. The van der Waals surface area contributed by atoms with Gasteiger partial charge in [0.1, 0.15) is 12.4 Å². The van der Waals surface area contributed by atoms with Gasteiger partial charge < -0.3 is 20.5 Å². The molecule has 0 aromatic heterocycles. The van der Waals surface area contributed by atoms with Crippen LogP contribution in [0.25, 0.3) is 0 Å². The molecule has 0 saturated carbocycles. The van der Waals surface area contributed by atoms with E-state index >= 15 is 0 Å². The molecule has 1 aromatic carbocycles. The summed E-state index contributed by atoms with van der Waals surface area (Å²) >= 11 is 0. The molecule has 0 aliphatic carbocycles. The molecule has 1 fully saturated rings. The minimum Gasteiger partial charge on any atom is -0.490 e. The normalized spacial score (nSPS) is 18.2. The lowest BCUT2D eigenvalue weighted by molar-refractivity contribution is -0.117. The minimum absolute atomic E-state index is 0.00651. The number of nitrogens with one attached hydrogen (secondary N) is 1. The number of carbonyl (C=O) groups excluding carboxylic acids is 1. The van der Waals surface area contributed by atoms with Crippen molar-refractivity contribution in [1.82, 2.24) is 0 Å². The first-order chi connectivity index (χ1) is 10.3. The first-order valence-corrected chi connectivity index (χ1v) is 7.63. The topological polar surface area (TPSA) is 73.6 Å². The smallest absolute Gasteiger partial charge is 0.224 e. The Morgan fingerprint density at radius 1 is 1.38 bits per heavy atom. The van der Waals surface area contributed by atoms with Crippen LogP contribution in [0.1, 0.15) is 32.1 Å². The predicted molar refractivity (Wildman–Crippen MR) is 82.4 cm³/mol. The minimum atomic E-state index is -0.00651. The van der Waals surface area contributed by atoms with Gasteiger partial charge in [0.15, 0.2) is 0 Å². The maximum atomic E-state index is 12.0. The molecule has 0 spiro atoms. The molecule has 1 amide bonds. The molecule has 1 saturated heterocycles. The summed E-state index contributed by atoms with van der Waals surface area (Å²) in [5, 5.41) is 2.90. The highest BCUT2D eigenvalue weighted by Gasteiger charge is 2.15. The average Bonchev–Trinajstić information content (AvgIpc) is 2.53. The Balaban J connectivity index is 1.81. The van der Waals surface area contributed by atoms with Crippen molar-refractivity contribution >= 4 is 11.6 Å². The SMILES string of the molecule is NCCOc1ccccc1NC(=O)CCC1CCCCO1. The van der Waals surface area contributed by atoms with E-state index in [4.69, 9.17) is 15.2 Å². The summed E-state index contributed by atoms with van der Waals surface area (Å²) in [5.41, 5.74) is 6.13. The zero-order valence-electron chi connectivity index (χ0n) is 12.3. The van der Waals surface area contributed by atoms with Crippen LogP contribution in [-0.2, 0) is 9.53 Å². The van der Waals surface area contributed by atoms with Gasteiger partial charge in [-0.1, -0.05) is 12.1 Å². The Hall–Kier alpha value is -1.59. The largest absolute Gasteiger partial charge is 0.490 e. The van der Waals surface area contributed by atoms with E-state index in [-0.39, 0.29) is 12.0 Å². The lowest BCUT2D eigenvalue weighted by Gasteiger charge is -2.22. The van der Waals surface area contributed by atoms with Gasteiger partial charge in [-0.25, -0.2) is 0 Å². The number of anilines is 1. The van der Waals surface area contributed by atoms with E-state index in [1.807, 2.05) is 24.3 Å². The van der Waals surface area contributed by atoms with Gasteiger partial charge in [0.2, 0.25) is 5.91 Å². The molecule has 1 aliphatic rings. The molecule has 3 N–H and O–H groups in total. The Morgan fingerprint density at radius 2 is 2.24 bits per heavy atom. The lowest BCUT2D eigenvalue weighted by atomic mass is 10.0. The van der Waals surface area contributed by atoms with Crippen molar-refractivity contribution in [1.29, 1.82) is 0 Å². The molecular formula is C16H24N2O3. The molecule has 1 unspecified atom stereocenters. The Kier molecular flexibility index (Phi) is 6.50. The zero-order valence-corrected chi connectivity index (χ0v) is 12.3. The zero-order chi connectivity index (χ0) is 14.9. The molecule has 21 heavy (non-hydrogen) atoms. The van der Waals surface area contributed by atoms with Gasteiger partial charge in [0, 0.05) is 19.6 Å². The third kappa shape index (κ3) is 5.36. The average molecular weight is 292 g/mol. The van der Waals surface area contributed by atoms with E-state index in [9.17, 15) is 4.79 Å². The summed E-state index contributed by atoms with van der Waals surface area (Å²) < 4.78 is 11.2. The van der Waals surface area contributed by atoms with Crippen molar-refractivity contribution in [3.8, 4) is 5.75 Å². The van der Waals surface area contributed by atoms with Gasteiger partial charge in [-0.05, 0) is 37.8 Å². The van der Waals surface area contributed by atoms with Crippen molar-refractivity contribution in [2.24, 2.45) is 5.73 Å². The fourth-order valence-corrected chi connectivity index (χ4v) is 2.40. The molecule has 5 heteroatoms. The molecule has 1 heterocycles. The van der Waals surface area contributed by atoms with Crippen molar-refractivity contribution in [2.75, 3.05) is 25.1 Å². The summed E-state index contributed by atoms with van der Waals surface area (Å²) in [6.45, 7) is 1.70. The number of nitrogens with two attached hydrogens (primary N) is 1. The number of amides is 1. The molecule has 0 bridgehead atoms. The van der Waals surface area contributed by atoms with Gasteiger partial charge in [-0.2, -0.15) is 0 Å². The van der Waals surface area contributed by atoms with E-state index in [1.54, 1.807) is 0 Å². The van der Waals surface area contributed by atoms with Crippen molar-refractivity contribution in [2.45, 2.75) is 38.2 Å². The molecular weight excluding hydrogens is 268 g/mol. The van der Waals surface area contributed by atoms with Gasteiger partial charge in [-0.3, -0.25) is 4.79 Å². The van der Waals surface area contributed by atoms with Crippen LogP contribution < -0.4 is 15.8 Å². The molecule has 1 atom stereocenters. The summed E-state index contributed by atoms with van der Waals surface area (Å²) in [5.74, 6) is 0.651. The fourth-order valence-electron chi connectivity index (χ4n) is 2.40. The predicted octanol–water partition coefficient (Wildman–Crippen LogP) is 2.31. The van der Waals surface area contributed by atoms with E-state index in [1.165, 1.54) is 6.42 Å². The second-order valence-electron chi connectivity index (χ2n) is 5.21. The van der Waals surface area contributed by atoms with Crippen molar-refractivity contribution < 1.29 is 14.3 Å². The first-order valence-electron chi connectivity index (χ1n) is 7.63. The Bertz CT molecular complexity index is 445. The number of para-hydroxylation sites is 2. The van der Waals surface area contributed by atoms with Crippen LogP contribution in [0.5, 0.6) is 5.75 Å². The van der Waals surface area contributed by atoms with Crippen LogP contribution >= 0.6 is 0 Å². The Labute approximate surface area is 125 Å². The summed E-state index contributed by atoms with van der Waals surface area (Å²) in [7, 11) is 0. The Morgan fingerprint density at radius 3 is 3.00 bits per heavy atom. The number of ether oxygens (including phenoxy) is 2. The summed E-state index contributed by atoms with van der Waals surface area (Å²) in [4.78, 5) is 12.0. The van der Waals surface area contributed by atoms with E-state index < -0.39 is 0 Å². The molecule has 0 radical (unpaired) electrons. The number of hydrogen-bond acceptors (Lipinski definition) is 4. The second kappa shape index (κ2) is 8.64. The van der Waals surface area contributed by atoms with E-state index in [0.29, 0.717) is 31.0 Å². The molecule has 1 aromatic rings. The van der Waals surface area contributed by atoms with Gasteiger partial charge in [0.05, 0.1) is 11.8 Å². The van der Waals surface area contributed by atoms with Crippen LogP contribution in [0.3, 0.4) is 0 Å². The van der Waals surface area contributed by atoms with Crippen LogP contribution in [0.15, 0.2) is 24.3 Å². The van der Waals surface area contributed by atoms with Crippen molar-refractivity contribution in [3.05, 3.63) is 24.3 Å². The summed E-state index contributed by atoms with van der Waals surface area (Å²) in [6, 6.07) is 7.41. The van der Waals surface area contributed by atoms with Crippen LogP contribution in [0.4, 0.5) is 5.69 Å². The van der Waals surface area contributed by atoms with Crippen LogP contribution in [0.2, 0.25) is 0 Å². The number of carbonyl (C=O) groups is 1. The highest BCUT2D eigenvalue weighted by molar-refractivity contribution is 5.92. The van der Waals surface area contributed by atoms with Gasteiger partial charge in [0.25, 0.3) is 0 Å². The maximum absolute atomic E-state index is 12.0. The number of benzene rings is 1. The molecule has 116 valence electrons. The second-order valence-corrected chi connectivity index (χ2v) is 5.21. The molecule has 5 nitrogen and oxygen atoms in total. The third-order valence-electron chi connectivity index (χ3n) is 3.50. The molecule has 1 aliphatic heterocycles. The van der Waals surface area contributed by atoms with Crippen LogP contribution in [0, 0.1) is 0 Å². The number of rotatable bonds is 7.